The fourth-order valence-corrected chi connectivity index (χ4v) is 4.98. The first-order chi connectivity index (χ1) is 12.1. The van der Waals surface area contributed by atoms with E-state index in [4.69, 9.17) is 4.74 Å². The minimum atomic E-state index is -0.484. The summed E-state index contributed by atoms with van der Waals surface area (Å²) in [6.07, 6.45) is 4.52. The average molecular weight is 423 g/mol. The molecule has 1 aliphatic carbocycles. The van der Waals surface area contributed by atoms with Gasteiger partial charge in [0.05, 0.1) is 16.4 Å². The zero-order valence-corrected chi connectivity index (χ0v) is 16.1. The number of thiophene rings is 1. The molecular weight excluding hydrogens is 404 g/mol. The van der Waals surface area contributed by atoms with Crippen molar-refractivity contribution in [3.05, 3.63) is 44.2 Å². The standard InChI is InChI=1S/C18H19BrN2O3S/c19-15-6-5-12(25-15)10-21-9-11-7-8-20-17(16(11)18(21)23)24-14-4-2-1-3-13(14)22/h5-8,13-14,22H,1-4,9-10H2. The van der Waals surface area contributed by atoms with Gasteiger partial charge < -0.3 is 14.7 Å². The van der Waals surface area contributed by atoms with Gasteiger partial charge in [0.1, 0.15) is 11.7 Å². The number of aliphatic hydroxyl groups is 1. The number of amides is 1. The number of carbonyl (C=O) groups excluding carboxylic acids is 1. The van der Waals surface area contributed by atoms with Gasteiger partial charge in [0, 0.05) is 17.6 Å². The number of hydrogen-bond acceptors (Lipinski definition) is 5. The highest BCUT2D eigenvalue weighted by Crippen LogP contribution is 2.33. The summed E-state index contributed by atoms with van der Waals surface area (Å²) in [6.45, 7) is 1.14. The second kappa shape index (κ2) is 7.05. The van der Waals surface area contributed by atoms with E-state index in [1.165, 1.54) is 0 Å². The largest absolute Gasteiger partial charge is 0.471 e. The summed E-state index contributed by atoms with van der Waals surface area (Å²) in [6, 6.07) is 5.90. The molecule has 132 valence electrons. The predicted octanol–water partition coefficient (Wildman–Crippen LogP) is 3.74. The first kappa shape index (κ1) is 17.0. The summed E-state index contributed by atoms with van der Waals surface area (Å²) in [5.41, 5.74) is 1.49. The van der Waals surface area contributed by atoms with Crippen molar-refractivity contribution in [2.45, 2.75) is 51.0 Å². The minimum absolute atomic E-state index is 0.0482. The fourth-order valence-electron chi connectivity index (χ4n) is 3.48. The number of carbonyl (C=O) groups is 1. The molecule has 1 saturated carbocycles. The maximum absolute atomic E-state index is 12.9. The molecule has 0 saturated heterocycles. The van der Waals surface area contributed by atoms with Gasteiger partial charge in [-0.15, -0.1) is 11.3 Å². The molecule has 25 heavy (non-hydrogen) atoms. The second-order valence-electron chi connectivity index (χ2n) is 6.53. The van der Waals surface area contributed by atoms with Crippen molar-refractivity contribution >= 4 is 33.2 Å². The first-order valence-electron chi connectivity index (χ1n) is 8.48. The Morgan fingerprint density at radius 3 is 2.92 bits per heavy atom. The summed E-state index contributed by atoms with van der Waals surface area (Å²) in [5.74, 6) is 0.316. The van der Waals surface area contributed by atoms with Crippen molar-refractivity contribution in [1.82, 2.24) is 9.88 Å². The van der Waals surface area contributed by atoms with Crippen LogP contribution in [0.25, 0.3) is 0 Å². The number of fused-ring (bicyclic) bond motifs is 1. The molecule has 1 amide bonds. The van der Waals surface area contributed by atoms with Crippen LogP contribution < -0.4 is 4.74 Å². The van der Waals surface area contributed by atoms with E-state index in [-0.39, 0.29) is 12.0 Å². The van der Waals surface area contributed by atoms with E-state index in [1.54, 1.807) is 17.5 Å². The third kappa shape index (κ3) is 3.45. The summed E-state index contributed by atoms with van der Waals surface area (Å²) in [7, 11) is 0. The lowest BCUT2D eigenvalue weighted by atomic mass is 9.95. The van der Waals surface area contributed by atoms with Crippen molar-refractivity contribution in [3.63, 3.8) is 0 Å². The van der Waals surface area contributed by atoms with Crippen LogP contribution in [0.5, 0.6) is 5.88 Å². The van der Waals surface area contributed by atoms with Crippen LogP contribution in [-0.2, 0) is 13.1 Å². The van der Waals surface area contributed by atoms with Crippen molar-refractivity contribution < 1.29 is 14.6 Å². The highest BCUT2D eigenvalue weighted by Gasteiger charge is 2.34. The van der Waals surface area contributed by atoms with E-state index in [9.17, 15) is 9.90 Å². The molecule has 1 fully saturated rings. The molecule has 0 aromatic carbocycles. The van der Waals surface area contributed by atoms with E-state index >= 15 is 0 Å². The topological polar surface area (TPSA) is 62.7 Å². The number of pyridine rings is 1. The quantitative estimate of drug-likeness (QED) is 0.814. The minimum Gasteiger partial charge on any atom is -0.471 e. The lowest BCUT2D eigenvalue weighted by Gasteiger charge is -2.28. The SMILES string of the molecule is O=C1c2c(ccnc2OC2CCCCC2O)CN1Cc1ccc(Br)s1. The van der Waals surface area contributed by atoms with Crippen LogP contribution in [0.1, 0.15) is 46.5 Å². The Morgan fingerprint density at radius 2 is 2.16 bits per heavy atom. The number of aromatic nitrogens is 1. The Labute approximate surface area is 158 Å². The van der Waals surface area contributed by atoms with Crippen LogP contribution in [-0.4, -0.2) is 33.1 Å². The lowest BCUT2D eigenvalue weighted by molar-refractivity contribution is 0.00397. The van der Waals surface area contributed by atoms with Gasteiger partial charge in [-0.25, -0.2) is 4.98 Å². The lowest BCUT2D eigenvalue weighted by Crippen LogP contribution is -2.35. The maximum atomic E-state index is 12.9. The molecule has 0 bridgehead atoms. The molecule has 2 atom stereocenters. The predicted molar refractivity (Wildman–Crippen MR) is 98.7 cm³/mol. The average Bonchev–Trinajstić information content (AvgIpc) is 3.14. The molecule has 2 aromatic heterocycles. The Hall–Kier alpha value is -1.44. The molecule has 2 aliphatic rings. The van der Waals surface area contributed by atoms with E-state index in [0.29, 0.717) is 24.5 Å². The van der Waals surface area contributed by atoms with Crippen molar-refractivity contribution in [3.8, 4) is 5.88 Å². The van der Waals surface area contributed by atoms with Crippen molar-refractivity contribution in [2.75, 3.05) is 0 Å². The van der Waals surface area contributed by atoms with E-state index in [2.05, 4.69) is 20.9 Å². The molecule has 4 rings (SSSR count). The normalized spacial score (nSPS) is 23.0. The van der Waals surface area contributed by atoms with Gasteiger partial charge in [-0.2, -0.15) is 0 Å². The van der Waals surface area contributed by atoms with Gasteiger partial charge in [-0.05, 0) is 59.0 Å². The van der Waals surface area contributed by atoms with Crippen LogP contribution in [0, 0.1) is 0 Å². The molecule has 2 unspecified atom stereocenters. The van der Waals surface area contributed by atoms with E-state index < -0.39 is 6.10 Å². The van der Waals surface area contributed by atoms with Crippen molar-refractivity contribution in [2.24, 2.45) is 0 Å². The molecule has 1 N–H and O–H groups in total. The van der Waals surface area contributed by atoms with Crippen LogP contribution >= 0.6 is 27.3 Å². The Bertz CT molecular complexity index is 794. The fraction of sp³-hybridized carbons (Fsp3) is 0.444. The van der Waals surface area contributed by atoms with Gasteiger partial charge in [-0.1, -0.05) is 6.42 Å². The molecule has 5 nitrogen and oxygen atoms in total. The summed E-state index contributed by atoms with van der Waals surface area (Å²) in [4.78, 5) is 20.1. The summed E-state index contributed by atoms with van der Waals surface area (Å²) in [5, 5.41) is 10.1. The monoisotopic (exact) mass is 422 g/mol. The number of nitrogens with zero attached hydrogens (tertiary/aromatic N) is 2. The van der Waals surface area contributed by atoms with Crippen LogP contribution in [0.3, 0.4) is 0 Å². The van der Waals surface area contributed by atoms with Gasteiger partial charge in [0.25, 0.3) is 5.91 Å². The second-order valence-corrected chi connectivity index (χ2v) is 9.07. The molecule has 2 aromatic rings. The zero-order valence-electron chi connectivity index (χ0n) is 13.7. The molecule has 7 heteroatoms. The molecule has 1 aliphatic heterocycles. The number of hydrogen-bond donors (Lipinski definition) is 1. The Balaban J connectivity index is 1.54. The van der Waals surface area contributed by atoms with Gasteiger partial charge in [-0.3, -0.25) is 4.79 Å². The zero-order chi connectivity index (χ0) is 17.4. The number of ether oxygens (including phenoxy) is 1. The molecule has 3 heterocycles. The number of halogens is 1. The smallest absolute Gasteiger partial charge is 0.260 e. The molecule has 0 spiro atoms. The Morgan fingerprint density at radius 1 is 1.32 bits per heavy atom. The van der Waals surface area contributed by atoms with Gasteiger partial charge in [0.15, 0.2) is 0 Å². The van der Waals surface area contributed by atoms with Crippen molar-refractivity contribution in [1.29, 1.82) is 0 Å². The van der Waals surface area contributed by atoms with Crippen LogP contribution in [0.2, 0.25) is 0 Å². The van der Waals surface area contributed by atoms with Gasteiger partial charge in [0.2, 0.25) is 5.88 Å². The summed E-state index contributed by atoms with van der Waals surface area (Å²) >= 11 is 5.09. The maximum Gasteiger partial charge on any atom is 0.260 e. The number of rotatable bonds is 4. The third-order valence-electron chi connectivity index (χ3n) is 4.77. The van der Waals surface area contributed by atoms with Crippen LogP contribution in [0.4, 0.5) is 0 Å². The number of aliphatic hydroxyl groups excluding tert-OH is 1. The van der Waals surface area contributed by atoms with E-state index in [1.807, 2.05) is 23.1 Å². The third-order valence-corrected chi connectivity index (χ3v) is 6.38. The summed E-state index contributed by atoms with van der Waals surface area (Å²) < 4.78 is 7.03. The molecular formula is C18H19BrN2O3S. The first-order valence-corrected chi connectivity index (χ1v) is 10.1. The van der Waals surface area contributed by atoms with E-state index in [0.717, 1.165) is 39.9 Å². The Kier molecular flexibility index (Phi) is 4.80. The van der Waals surface area contributed by atoms with Gasteiger partial charge >= 0.3 is 0 Å². The van der Waals surface area contributed by atoms with Crippen LogP contribution in [0.15, 0.2) is 28.2 Å². The molecule has 0 radical (unpaired) electrons. The highest BCUT2D eigenvalue weighted by molar-refractivity contribution is 9.11. The highest BCUT2D eigenvalue weighted by atomic mass is 79.9.